The third-order valence-electron chi connectivity index (χ3n) is 8.37. The summed E-state index contributed by atoms with van der Waals surface area (Å²) in [6.45, 7) is 11.6. The van der Waals surface area contributed by atoms with E-state index in [1.807, 2.05) is 11.8 Å². The van der Waals surface area contributed by atoms with Gasteiger partial charge in [-0.05, 0) is 48.6 Å². The molecule has 4 rings (SSSR count). The lowest BCUT2D eigenvalue weighted by molar-refractivity contribution is -0.139. The molecule has 3 amide bonds. The highest BCUT2D eigenvalue weighted by molar-refractivity contribution is 5.98. The highest BCUT2D eigenvalue weighted by Crippen LogP contribution is 2.33. The second-order valence-corrected chi connectivity index (χ2v) is 12.3. The normalized spacial score (nSPS) is 21.6. The van der Waals surface area contributed by atoms with Crippen LogP contribution in [0.5, 0.6) is 0 Å². The van der Waals surface area contributed by atoms with Gasteiger partial charge in [0.25, 0.3) is 5.91 Å². The molecule has 208 valence electrons. The third-order valence-corrected chi connectivity index (χ3v) is 8.37. The fraction of sp³-hybridized carbons (Fsp3) is 0.645. The van der Waals surface area contributed by atoms with Crippen molar-refractivity contribution in [3.8, 4) is 0 Å². The van der Waals surface area contributed by atoms with Gasteiger partial charge in [0.1, 0.15) is 0 Å². The SMILES string of the molecule is CC1=C(C(=O)N2CCOCC2)CC(CC(=O)NCC2CCCCC2)C(=O)N1Cc1ccc(C(C)(C)C)cc1. The van der Waals surface area contributed by atoms with Crippen molar-refractivity contribution in [2.24, 2.45) is 11.8 Å². The van der Waals surface area contributed by atoms with E-state index < -0.39 is 5.92 Å². The highest BCUT2D eigenvalue weighted by Gasteiger charge is 2.38. The highest BCUT2D eigenvalue weighted by atomic mass is 16.5. The summed E-state index contributed by atoms with van der Waals surface area (Å²) in [5, 5.41) is 3.09. The molecule has 7 heteroatoms. The van der Waals surface area contributed by atoms with E-state index in [1.54, 1.807) is 4.90 Å². The van der Waals surface area contributed by atoms with Crippen LogP contribution in [0, 0.1) is 11.8 Å². The smallest absolute Gasteiger partial charge is 0.251 e. The van der Waals surface area contributed by atoms with Crippen molar-refractivity contribution in [3.63, 3.8) is 0 Å². The van der Waals surface area contributed by atoms with Gasteiger partial charge in [0.05, 0.1) is 25.7 Å². The van der Waals surface area contributed by atoms with Gasteiger partial charge < -0.3 is 19.9 Å². The van der Waals surface area contributed by atoms with E-state index in [1.165, 1.54) is 24.8 Å². The van der Waals surface area contributed by atoms with Crippen LogP contribution in [0.2, 0.25) is 0 Å². The van der Waals surface area contributed by atoms with E-state index in [0.717, 1.165) is 18.4 Å². The summed E-state index contributed by atoms with van der Waals surface area (Å²) >= 11 is 0. The minimum absolute atomic E-state index is 0.0426. The molecule has 2 heterocycles. The van der Waals surface area contributed by atoms with Crippen molar-refractivity contribution in [1.82, 2.24) is 15.1 Å². The van der Waals surface area contributed by atoms with Crippen molar-refractivity contribution in [1.29, 1.82) is 0 Å². The number of carbonyl (C=O) groups is 3. The van der Waals surface area contributed by atoms with Gasteiger partial charge >= 0.3 is 0 Å². The van der Waals surface area contributed by atoms with Crippen LogP contribution in [0.1, 0.15) is 83.8 Å². The molecule has 0 spiro atoms. The van der Waals surface area contributed by atoms with Crippen LogP contribution in [0.4, 0.5) is 0 Å². The van der Waals surface area contributed by atoms with Crippen molar-refractivity contribution in [2.45, 2.75) is 84.6 Å². The van der Waals surface area contributed by atoms with Gasteiger partial charge in [0.2, 0.25) is 11.8 Å². The fourth-order valence-corrected chi connectivity index (χ4v) is 5.82. The predicted octanol–water partition coefficient (Wildman–Crippen LogP) is 4.55. The minimum atomic E-state index is -0.543. The van der Waals surface area contributed by atoms with Crippen molar-refractivity contribution in [3.05, 3.63) is 46.7 Å². The Kier molecular flexibility index (Phi) is 9.29. The Hall–Kier alpha value is -2.67. The predicted molar refractivity (Wildman–Crippen MR) is 148 cm³/mol. The Morgan fingerprint density at radius 1 is 1.03 bits per heavy atom. The number of hydrogen-bond acceptors (Lipinski definition) is 4. The number of benzene rings is 1. The van der Waals surface area contributed by atoms with Gasteiger partial charge in [-0.15, -0.1) is 0 Å². The second kappa shape index (κ2) is 12.5. The van der Waals surface area contributed by atoms with Crippen LogP contribution in [0.15, 0.2) is 35.5 Å². The summed E-state index contributed by atoms with van der Waals surface area (Å²) in [6.07, 6.45) is 6.46. The van der Waals surface area contributed by atoms with E-state index in [0.29, 0.717) is 63.0 Å². The lowest BCUT2D eigenvalue weighted by Crippen LogP contribution is -2.46. The topological polar surface area (TPSA) is 79.0 Å². The lowest BCUT2D eigenvalue weighted by Gasteiger charge is -2.37. The fourth-order valence-electron chi connectivity index (χ4n) is 5.82. The van der Waals surface area contributed by atoms with Crippen molar-refractivity contribution in [2.75, 3.05) is 32.8 Å². The summed E-state index contributed by atoms with van der Waals surface area (Å²) < 4.78 is 5.44. The average Bonchev–Trinajstić information content (AvgIpc) is 2.92. The first-order chi connectivity index (χ1) is 18.1. The number of nitrogens with zero attached hydrogens (tertiary/aromatic N) is 2. The summed E-state index contributed by atoms with van der Waals surface area (Å²) in [5.41, 5.74) is 3.62. The summed E-state index contributed by atoms with van der Waals surface area (Å²) in [4.78, 5) is 43.8. The maximum Gasteiger partial charge on any atom is 0.251 e. The first-order valence-electron chi connectivity index (χ1n) is 14.4. The van der Waals surface area contributed by atoms with Gasteiger partial charge in [-0.1, -0.05) is 64.3 Å². The molecule has 1 unspecified atom stereocenters. The molecule has 1 N–H and O–H groups in total. The molecule has 2 fully saturated rings. The van der Waals surface area contributed by atoms with Crippen LogP contribution in [-0.4, -0.2) is 60.4 Å². The van der Waals surface area contributed by atoms with E-state index in [-0.39, 0.29) is 29.6 Å². The van der Waals surface area contributed by atoms with Gasteiger partial charge in [-0.3, -0.25) is 14.4 Å². The summed E-state index contributed by atoms with van der Waals surface area (Å²) in [6, 6.07) is 8.34. The van der Waals surface area contributed by atoms with Crippen LogP contribution >= 0.6 is 0 Å². The largest absolute Gasteiger partial charge is 0.378 e. The Morgan fingerprint density at radius 2 is 1.68 bits per heavy atom. The molecule has 0 radical (unpaired) electrons. The van der Waals surface area contributed by atoms with E-state index >= 15 is 0 Å². The minimum Gasteiger partial charge on any atom is -0.378 e. The van der Waals surface area contributed by atoms with Gasteiger partial charge in [-0.2, -0.15) is 0 Å². The third kappa shape index (κ3) is 7.04. The van der Waals surface area contributed by atoms with E-state index in [4.69, 9.17) is 4.74 Å². The number of nitrogens with one attached hydrogen (secondary N) is 1. The Balaban J connectivity index is 1.51. The number of rotatable bonds is 7. The average molecular weight is 524 g/mol. The van der Waals surface area contributed by atoms with Gasteiger partial charge in [0, 0.05) is 37.3 Å². The maximum absolute atomic E-state index is 13.7. The molecule has 2 aliphatic heterocycles. The van der Waals surface area contributed by atoms with E-state index in [2.05, 4.69) is 50.4 Å². The van der Waals surface area contributed by atoms with Crippen LogP contribution in [0.3, 0.4) is 0 Å². The molecule has 0 bridgehead atoms. The number of hydrogen-bond donors (Lipinski definition) is 1. The Bertz CT molecular complexity index is 1030. The molecule has 1 aliphatic carbocycles. The standard InChI is InChI=1S/C31H45N3O4/c1-22-27(30(37)33-14-16-38-17-15-33)18-25(19-28(35)32-20-23-8-6-5-7-9-23)29(36)34(22)21-24-10-12-26(13-11-24)31(2,3)4/h10-13,23,25H,5-9,14-21H2,1-4H3,(H,32,35). The second-order valence-electron chi connectivity index (χ2n) is 12.3. The van der Waals surface area contributed by atoms with Crippen LogP contribution in [-0.2, 0) is 31.1 Å². The summed E-state index contributed by atoms with van der Waals surface area (Å²) in [7, 11) is 0. The number of carbonyl (C=O) groups excluding carboxylic acids is 3. The first kappa shape index (κ1) is 28.3. The Morgan fingerprint density at radius 3 is 2.32 bits per heavy atom. The molecular weight excluding hydrogens is 478 g/mol. The zero-order chi connectivity index (χ0) is 27.3. The molecule has 0 aromatic heterocycles. The molecule has 1 aromatic carbocycles. The monoisotopic (exact) mass is 523 g/mol. The molecule has 1 saturated heterocycles. The van der Waals surface area contributed by atoms with Crippen molar-refractivity contribution >= 4 is 17.7 Å². The molecule has 1 atom stereocenters. The summed E-state index contributed by atoms with van der Waals surface area (Å²) in [5.74, 6) is -0.226. The number of ether oxygens (including phenoxy) is 1. The molecule has 3 aliphatic rings. The quantitative estimate of drug-likeness (QED) is 0.569. The van der Waals surface area contributed by atoms with Gasteiger partial charge in [0.15, 0.2) is 0 Å². The van der Waals surface area contributed by atoms with Gasteiger partial charge in [-0.25, -0.2) is 0 Å². The maximum atomic E-state index is 13.7. The zero-order valence-electron chi connectivity index (χ0n) is 23.7. The van der Waals surface area contributed by atoms with Crippen LogP contribution in [0.25, 0.3) is 0 Å². The van der Waals surface area contributed by atoms with Crippen molar-refractivity contribution < 1.29 is 19.1 Å². The lowest BCUT2D eigenvalue weighted by atomic mass is 9.86. The number of morpholine rings is 1. The molecule has 1 aromatic rings. The zero-order valence-corrected chi connectivity index (χ0v) is 23.7. The van der Waals surface area contributed by atoms with Crippen LogP contribution < -0.4 is 5.32 Å². The van der Waals surface area contributed by atoms with E-state index in [9.17, 15) is 14.4 Å². The first-order valence-corrected chi connectivity index (χ1v) is 14.4. The molecule has 38 heavy (non-hydrogen) atoms. The number of amides is 3. The number of allylic oxidation sites excluding steroid dienone is 1. The molecule has 7 nitrogen and oxygen atoms in total. The molecular formula is C31H45N3O4. The Labute approximate surface area is 228 Å². The molecule has 1 saturated carbocycles.